The molecule has 1 unspecified atom stereocenters. The lowest BCUT2D eigenvalue weighted by atomic mass is 10.3. The molecule has 1 atom stereocenters. The Hall–Kier alpha value is -0.476. The van der Waals surface area contributed by atoms with E-state index in [0.29, 0.717) is 13.3 Å². The van der Waals surface area contributed by atoms with Gasteiger partial charge in [0, 0.05) is 27.4 Å². The first kappa shape index (κ1) is 21.6. The van der Waals surface area contributed by atoms with Crippen LogP contribution in [0.1, 0.15) is 32.6 Å². The van der Waals surface area contributed by atoms with Gasteiger partial charge in [-0.25, -0.2) is 4.68 Å². The van der Waals surface area contributed by atoms with Crippen molar-refractivity contribution in [3.05, 3.63) is 18.0 Å². The molecule has 1 heterocycles. The van der Waals surface area contributed by atoms with Gasteiger partial charge in [0.05, 0.1) is 5.69 Å². The highest BCUT2D eigenvalue weighted by Crippen LogP contribution is 2.28. The molecule has 2 N–H and O–H groups in total. The summed E-state index contributed by atoms with van der Waals surface area (Å²) in [4.78, 5) is 0. The third-order valence-corrected chi connectivity index (χ3v) is 11.1. The van der Waals surface area contributed by atoms with Gasteiger partial charge in [-0.1, -0.05) is 40.4 Å². The van der Waals surface area contributed by atoms with Crippen molar-refractivity contribution in [3.8, 4) is 0 Å². The molecule has 0 bridgehead atoms. The van der Waals surface area contributed by atoms with Crippen LogP contribution in [0.2, 0.25) is 43.8 Å². The Morgan fingerprint density at radius 1 is 1.17 bits per heavy atom. The largest absolute Gasteiger partial charge is 0.407 e. The van der Waals surface area contributed by atoms with Crippen LogP contribution in [0.3, 0.4) is 0 Å². The summed E-state index contributed by atoms with van der Waals surface area (Å²) in [5.41, 5.74) is 6.91. The lowest BCUT2D eigenvalue weighted by Gasteiger charge is -2.32. The molecule has 0 fully saturated rings. The molecule has 1 aromatic rings. The van der Waals surface area contributed by atoms with E-state index in [1.807, 2.05) is 16.9 Å². The van der Waals surface area contributed by atoms with E-state index in [4.69, 9.17) is 14.9 Å². The SMILES string of the molecule is CC[Si](CC)(CC)OC(CN)c1ccn(COCC[Si](C)(C)C)n1. The molecule has 24 heavy (non-hydrogen) atoms. The van der Waals surface area contributed by atoms with Gasteiger partial charge in [0.15, 0.2) is 8.32 Å². The van der Waals surface area contributed by atoms with Crippen LogP contribution in [0.15, 0.2) is 12.3 Å². The zero-order valence-corrected chi connectivity index (χ0v) is 18.5. The number of ether oxygens (including phenoxy) is 1. The second-order valence-electron chi connectivity index (χ2n) is 7.71. The van der Waals surface area contributed by atoms with Crippen LogP contribution in [0, 0.1) is 0 Å². The lowest BCUT2D eigenvalue weighted by Crippen LogP contribution is -2.39. The molecule has 0 aromatic carbocycles. The van der Waals surface area contributed by atoms with Gasteiger partial charge in [-0.3, -0.25) is 0 Å². The van der Waals surface area contributed by atoms with Crippen LogP contribution in [0.5, 0.6) is 0 Å². The normalized spacial score (nSPS) is 14.1. The smallest absolute Gasteiger partial charge is 0.193 e. The maximum absolute atomic E-state index is 6.51. The Balaban J connectivity index is 2.61. The van der Waals surface area contributed by atoms with Gasteiger partial charge in [0.1, 0.15) is 12.8 Å². The minimum atomic E-state index is -1.68. The molecule has 0 radical (unpaired) electrons. The summed E-state index contributed by atoms with van der Waals surface area (Å²) in [5.74, 6) is 0. The highest BCUT2D eigenvalue weighted by Gasteiger charge is 2.32. The highest BCUT2D eigenvalue weighted by atomic mass is 28.4. The van der Waals surface area contributed by atoms with E-state index in [2.05, 4.69) is 45.5 Å². The summed E-state index contributed by atoms with van der Waals surface area (Å²) in [6, 6.07) is 6.55. The van der Waals surface area contributed by atoms with Crippen LogP contribution in [-0.4, -0.2) is 39.3 Å². The summed E-state index contributed by atoms with van der Waals surface area (Å²) in [5, 5.41) is 4.62. The standard InChI is InChI=1S/C17H37N3O2Si2/c1-7-24(8-2,9-3)22-17(14-18)16-10-11-20(19-16)15-21-12-13-23(4,5)6/h10-11,17H,7-9,12-15,18H2,1-6H3. The maximum Gasteiger partial charge on any atom is 0.193 e. The Morgan fingerprint density at radius 2 is 1.79 bits per heavy atom. The van der Waals surface area contributed by atoms with Crippen molar-refractivity contribution >= 4 is 16.4 Å². The average Bonchev–Trinajstić information content (AvgIpc) is 3.01. The first-order valence-corrected chi connectivity index (χ1v) is 15.5. The fourth-order valence-corrected chi connectivity index (χ4v) is 6.27. The molecule has 140 valence electrons. The van der Waals surface area contributed by atoms with Crippen LogP contribution in [-0.2, 0) is 15.9 Å². The molecule has 5 nitrogen and oxygen atoms in total. The summed E-state index contributed by atoms with van der Waals surface area (Å²) in [7, 11) is -2.72. The quantitative estimate of drug-likeness (QED) is 0.441. The van der Waals surface area contributed by atoms with E-state index in [9.17, 15) is 0 Å². The molecule has 1 rings (SSSR count). The summed E-state index contributed by atoms with van der Waals surface area (Å²) >= 11 is 0. The molecule has 0 saturated carbocycles. The molecular formula is C17H37N3O2Si2. The zero-order chi connectivity index (χ0) is 18.2. The van der Waals surface area contributed by atoms with Gasteiger partial charge < -0.3 is 14.9 Å². The Morgan fingerprint density at radius 3 is 2.29 bits per heavy atom. The van der Waals surface area contributed by atoms with Crippen molar-refractivity contribution in [2.75, 3.05) is 13.2 Å². The first-order valence-electron chi connectivity index (χ1n) is 9.28. The Bertz CT molecular complexity index is 462. The predicted molar refractivity (Wildman–Crippen MR) is 106 cm³/mol. The molecule has 0 aliphatic heterocycles. The predicted octanol–water partition coefficient (Wildman–Crippen LogP) is 4.22. The fourth-order valence-electron chi connectivity index (χ4n) is 2.69. The Kier molecular flexibility index (Phi) is 8.86. The number of hydrogen-bond donors (Lipinski definition) is 1. The van der Waals surface area contributed by atoms with Crippen LogP contribution < -0.4 is 5.73 Å². The molecule has 0 spiro atoms. The summed E-state index contributed by atoms with van der Waals surface area (Å²) < 4.78 is 14.1. The summed E-state index contributed by atoms with van der Waals surface area (Å²) in [6.45, 7) is 15.6. The maximum atomic E-state index is 6.51. The molecule has 0 aliphatic rings. The van der Waals surface area contributed by atoms with E-state index in [0.717, 1.165) is 30.4 Å². The topological polar surface area (TPSA) is 62.3 Å². The van der Waals surface area contributed by atoms with Crippen molar-refractivity contribution in [3.63, 3.8) is 0 Å². The minimum absolute atomic E-state index is 0.0975. The van der Waals surface area contributed by atoms with Crippen molar-refractivity contribution in [1.29, 1.82) is 0 Å². The van der Waals surface area contributed by atoms with Crippen LogP contribution in [0.4, 0.5) is 0 Å². The summed E-state index contributed by atoms with van der Waals surface area (Å²) in [6.07, 6.45) is 1.86. The van der Waals surface area contributed by atoms with Gasteiger partial charge in [-0.05, 0) is 30.2 Å². The van der Waals surface area contributed by atoms with Crippen molar-refractivity contribution in [2.24, 2.45) is 5.73 Å². The van der Waals surface area contributed by atoms with E-state index >= 15 is 0 Å². The Labute approximate surface area is 150 Å². The zero-order valence-electron chi connectivity index (χ0n) is 16.5. The number of rotatable bonds is 12. The third-order valence-electron chi connectivity index (χ3n) is 4.75. The molecule has 0 amide bonds. The number of hydrogen-bond acceptors (Lipinski definition) is 4. The molecule has 0 aliphatic carbocycles. The van der Waals surface area contributed by atoms with Crippen molar-refractivity contribution < 1.29 is 9.16 Å². The van der Waals surface area contributed by atoms with Crippen molar-refractivity contribution in [1.82, 2.24) is 9.78 Å². The lowest BCUT2D eigenvalue weighted by molar-refractivity contribution is 0.0773. The minimum Gasteiger partial charge on any atom is -0.407 e. The van der Waals surface area contributed by atoms with Crippen molar-refractivity contribution in [2.45, 2.75) is 77.4 Å². The van der Waals surface area contributed by atoms with E-state index < -0.39 is 16.4 Å². The van der Waals surface area contributed by atoms with E-state index in [1.54, 1.807) is 0 Å². The molecular weight excluding hydrogens is 334 g/mol. The van der Waals surface area contributed by atoms with Gasteiger partial charge in [-0.15, -0.1) is 0 Å². The number of nitrogens with zero attached hydrogens (tertiary/aromatic N) is 2. The van der Waals surface area contributed by atoms with Gasteiger partial charge in [0.25, 0.3) is 0 Å². The second-order valence-corrected chi connectivity index (χ2v) is 18.1. The van der Waals surface area contributed by atoms with Gasteiger partial charge in [-0.2, -0.15) is 5.10 Å². The first-order chi connectivity index (χ1) is 11.3. The molecule has 1 aromatic heterocycles. The average molecular weight is 372 g/mol. The van der Waals surface area contributed by atoms with E-state index in [-0.39, 0.29) is 6.10 Å². The number of aromatic nitrogens is 2. The van der Waals surface area contributed by atoms with Crippen LogP contribution >= 0.6 is 0 Å². The highest BCUT2D eigenvalue weighted by molar-refractivity contribution is 6.76. The second kappa shape index (κ2) is 9.86. The third kappa shape index (κ3) is 6.80. The monoisotopic (exact) mass is 371 g/mol. The number of nitrogens with two attached hydrogens (primary N) is 1. The molecule has 7 heteroatoms. The van der Waals surface area contributed by atoms with Gasteiger partial charge in [0.2, 0.25) is 0 Å². The van der Waals surface area contributed by atoms with Gasteiger partial charge >= 0.3 is 0 Å². The molecule has 0 saturated heterocycles. The van der Waals surface area contributed by atoms with E-state index in [1.165, 1.54) is 6.04 Å². The fraction of sp³-hybridized carbons (Fsp3) is 0.824. The van der Waals surface area contributed by atoms with Crippen LogP contribution in [0.25, 0.3) is 0 Å².